The number of nitrogens with two attached hydrogens (primary N) is 1. The number of phenols is 1. The van der Waals surface area contributed by atoms with Crippen LogP contribution in [0.4, 0.5) is 0 Å². The summed E-state index contributed by atoms with van der Waals surface area (Å²) in [5.74, 6) is 1.01. The quantitative estimate of drug-likeness (QED) is 0.771. The van der Waals surface area contributed by atoms with Gasteiger partial charge in [0.05, 0.1) is 0 Å². The van der Waals surface area contributed by atoms with Crippen molar-refractivity contribution in [3.8, 4) is 5.75 Å². The zero-order valence-electron chi connectivity index (χ0n) is 8.96. The first kappa shape index (κ1) is 11.1. The number of hydrogen-bond acceptors (Lipinski definition) is 2. The van der Waals surface area contributed by atoms with Crippen LogP contribution >= 0.6 is 0 Å². The van der Waals surface area contributed by atoms with Crippen molar-refractivity contribution in [1.82, 2.24) is 0 Å². The Morgan fingerprint density at radius 3 is 2.57 bits per heavy atom. The van der Waals surface area contributed by atoms with E-state index in [0.29, 0.717) is 18.2 Å². The van der Waals surface area contributed by atoms with E-state index in [1.54, 1.807) is 12.1 Å². The summed E-state index contributed by atoms with van der Waals surface area (Å²) in [5.41, 5.74) is 7.94. The highest BCUT2D eigenvalue weighted by Crippen LogP contribution is 2.18. The van der Waals surface area contributed by atoms with Gasteiger partial charge in [-0.05, 0) is 42.0 Å². The fourth-order valence-electron chi connectivity index (χ4n) is 1.49. The van der Waals surface area contributed by atoms with Crippen LogP contribution in [0.15, 0.2) is 18.2 Å². The van der Waals surface area contributed by atoms with E-state index < -0.39 is 0 Å². The average molecular weight is 193 g/mol. The minimum atomic E-state index is 0.304. The van der Waals surface area contributed by atoms with Gasteiger partial charge in [0.25, 0.3) is 0 Å². The SMILES string of the molecule is CC(C)CCc1ccc(O)cc1CN. The molecule has 1 aromatic rings. The van der Waals surface area contributed by atoms with Gasteiger partial charge >= 0.3 is 0 Å². The zero-order chi connectivity index (χ0) is 10.6. The van der Waals surface area contributed by atoms with Crippen LogP contribution in [0, 0.1) is 5.92 Å². The van der Waals surface area contributed by atoms with Gasteiger partial charge in [0.2, 0.25) is 0 Å². The Bertz CT molecular complexity index is 294. The molecule has 0 spiro atoms. The van der Waals surface area contributed by atoms with Gasteiger partial charge < -0.3 is 10.8 Å². The highest BCUT2D eigenvalue weighted by molar-refractivity contribution is 5.34. The smallest absolute Gasteiger partial charge is 0.115 e. The van der Waals surface area contributed by atoms with Gasteiger partial charge in [0, 0.05) is 6.54 Å². The van der Waals surface area contributed by atoms with Gasteiger partial charge in [-0.2, -0.15) is 0 Å². The summed E-state index contributed by atoms with van der Waals surface area (Å²) in [6, 6.07) is 5.46. The predicted molar refractivity (Wildman–Crippen MR) is 59.2 cm³/mol. The van der Waals surface area contributed by atoms with Crippen molar-refractivity contribution in [3.05, 3.63) is 29.3 Å². The monoisotopic (exact) mass is 193 g/mol. The molecule has 3 N–H and O–H groups in total. The van der Waals surface area contributed by atoms with Crippen LogP contribution in [0.1, 0.15) is 31.4 Å². The lowest BCUT2D eigenvalue weighted by Crippen LogP contribution is -2.02. The molecule has 14 heavy (non-hydrogen) atoms. The van der Waals surface area contributed by atoms with Crippen LogP contribution in [0.3, 0.4) is 0 Å². The molecule has 2 nitrogen and oxygen atoms in total. The summed E-state index contributed by atoms with van der Waals surface area (Å²) >= 11 is 0. The van der Waals surface area contributed by atoms with Gasteiger partial charge in [-0.3, -0.25) is 0 Å². The molecule has 0 aromatic heterocycles. The molecule has 1 aromatic carbocycles. The molecule has 0 aliphatic heterocycles. The van der Waals surface area contributed by atoms with Crippen molar-refractivity contribution >= 4 is 0 Å². The molecule has 1 rings (SSSR count). The molecule has 0 heterocycles. The van der Waals surface area contributed by atoms with Gasteiger partial charge in [0.1, 0.15) is 5.75 Å². The fourth-order valence-corrected chi connectivity index (χ4v) is 1.49. The van der Waals surface area contributed by atoms with Crippen molar-refractivity contribution < 1.29 is 5.11 Å². The summed E-state index contributed by atoms with van der Waals surface area (Å²) in [6.07, 6.45) is 2.21. The number of aromatic hydroxyl groups is 1. The average Bonchev–Trinajstić information content (AvgIpc) is 2.15. The molecule has 2 heteroatoms. The maximum Gasteiger partial charge on any atom is 0.115 e. The summed E-state index contributed by atoms with van der Waals surface area (Å²) in [4.78, 5) is 0. The molecule has 0 saturated heterocycles. The largest absolute Gasteiger partial charge is 0.508 e. The van der Waals surface area contributed by atoms with Gasteiger partial charge in [-0.25, -0.2) is 0 Å². The Hall–Kier alpha value is -1.02. The number of rotatable bonds is 4. The lowest BCUT2D eigenvalue weighted by atomic mass is 9.98. The number of benzene rings is 1. The van der Waals surface area contributed by atoms with Crippen LogP contribution in [0.25, 0.3) is 0 Å². The Morgan fingerprint density at radius 2 is 2.00 bits per heavy atom. The summed E-state index contributed by atoms with van der Waals surface area (Å²) in [5, 5.41) is 9.29. The van der Waals surface area contributed by atoms with Crippen LogP contribution in [-0.2, 0) is 13.0 Å². The molecule has 0 saturated carbocycles. The van der Waals surface area contributed by atoms with Crippen molar-refractivity contribution in [2.45, 2.75) is 33.2 Å². The van der Waals surface area contributed by atoms with Gasteiger partial charge in [-0.1, -0.05) is 19.9 Å². The normalized spacial score (nSPS) is 10.9. The summed E-state index contributed by atoms with van der Waals surface area (Å²) < 4.78 is 0. The number of phenolic OH excluding ortho intramolecular Hbond substituents is 1. The fraction of sp³-hybridized carbons (Fsp3) is 0.500. The molecule has 0 aliphatic carbocycles. The van der Waals surface area contributed by atoms with Gasteiger partial charge in [0.15, 0.2) is 0 Å². The summed E-state index contributed by atoms with van der Waals surface area (Å²) in [6.45, 7) is 4.92. The molecule has 0 fully saturated rings. The maximum atomic E-state index is 9.29. The lowest BCUT2D eigenvalue weighted by molar-refractivity contribution is 0.474. The van der Waals surface area contributed by atoms with Crippen molar-refractivity contribution in [2.75, 3.05) is 0 Å². The first-order chi connectivity index (χ1) is 6.63. The van der Waals surface area contributed by atoms with Crippen molar-refractivity contribution in [3.63, 3.8) is 0 Å². The van der Waals surface area contributed by atoms with E-state index in [9.17, 15) is 5.11 Å². The minimum Gasteiger partial charge on any atom is -0.508 e. The molecule has 0 unspecified atom stereocenters. The van der Waals surface area contributed by atoms with E-state index >= 15 is 0 Å². The molecule has 0 bridgehead atoms. The van der Waals surface area contributed by atoms with E-state index in [1.807, 2.05) is 6.07 Å². The van der Waals surface area contributed by atoms with Crippen LogP contribution < -0.4 is 5.73 Å². The van der Waals surface area contributed by atoms with E-state index in [4.69, 9.17) is 5.73 Å². The molecule has 0 atom stereocenters. The topological polar surface area (TPSA) is 46.2 Å². The van der Waals surface area contributed by atoms with Crippen LogP contribution in [0.5, 0.6) is 5.75 Å². The van der Waals surface area contributed by atoms with E-state index in [2.05, 4.69) is 13.8 Å². The number of hydrogen-bond donors (Lipinski definition) is 2. The third-order valence-electron chi connectivity index (χ3n) is 2.40. The molecule has 0 amide bonds. The Labute approximate surface area is 85.8 Å². The van der Waals surface area contributed by atoms with Crippen molar-refractivity contribution in [2.24, 2.45) is 11.7 Å². The second-order valence-electron chi connectivity index (χ2n) is 4.09. The first-order valence-corrected chi connectivity index (χ1v) is 5.14. The Balaban J connectivity index is 2.75. The van der Waals surface area contributed by atoms with Crippen LogP contribution in [-0.4, -0.2) is 5.11 Å². The predicted octanol–water partition coefficient (Wildman–Crippen LogP) is 2.44. The van der Waals surface area contributed by atoms with Crippen LogP contribution in [0.2, 0.25) is 0 Å². The highest BCUT2D eigenvalue weighted by Gasteiger charge is 2.03. The third-order valence-corrected chi connectivity index (χ3v) is 2.40. The molecule has 0 radical (unpaired) electrons. The standard InChI is InChI=1S/C12H19NO/c1-9(2)3-4-10-5-6-12(14)7-11(10)8-13/h5-7,9,14H,3-4,8,13H2,1-2H3. The third kappa shape index (κ3) is 3.04. The Kier molecular flexibility index (Phi) is 3.96. The first-order valence-electron chi connectivity index (χ1n) is 5.14. The van der Waals surface area contributed by atoms with E-state index in [-0.39, 0.29) is 0 Å². The Morgan fingerprint density at radius 1 is 1.29 bits per heavy atom. The molecule has 0 aliphatic rings. The summed E-state index contributed by atoms with van der Waals surface area (Å²) in [7, 11) is 0. The number of aryl methyl sites for hydroxylation is 1. The minimum absolute atomic E-state index is 0.304. The lowest BCUT2D eigenvalue weighted by Gasteiger charge is -2.09. The highest BCUT2D eigenvalue weighted by atomic mass is 16.3. The zero-order valence-corrected chi connectivity index (χ0v) is 8.96. The van der Waals surface area contributed by atoms with Gasteiger partial charge in [-0.15, -0.1) is 0 Å². The van der Waals surface area contributed by atoms with E-state index in [1.165, 1.54) is 5.56 Å². The molecule has 78 valence electrons. The second-order valence-corrected chi connectivity index (χ2v) is 4.09. The second kappa shape index (κ2) is 5.01. The maximum absolute atomic E-state index is 9.29. The van der Waals surface area contributed by atoms with Crippen molar-refractivity contribution in [1.29, 1.82) is 0 Å². The molecular weight excluding hydrogens is 174 g/mol. The molecular formula is C12H19NO. The van der Waals surface area contributed by atoms with E-state index in [0.717, 1.165) is 18.4 Å².